The second kappa shape index (κ2) is 7.57. The van der Waals surface area contributed by atoms with Gasteiger partial charge >= 0.3 is 0 Å². The van der Waals surface area contributed by atoms with E-state index in [2.05, 4.69) is 6.07 Å². The van der Waals surface area contributed by atoms with Crippen LogP contribution < -0.4 is 4.74 Å². The Hall–Kier alpha value is -3.78. The third kappa shape index (κ3) is 3.48. The first kappa shape index (κ1) is 19.5. The van der Waals surface area contributed by atoms with E-state index in [1.807, 2.05) is 42.3 Å². The van der Waals surface area contributed by atoms with Gasteiger partial charge in [-0.3, -0.25) is 29.5 Å². The van der Waals surface area contributed by atoms with Crippen LogP contribution in [-0.4, -0.2) is 47.4 Å². The molecule has 0 N–H and O–H groups in total. The molecular weight excluding hydrogens is 386 g/mol. The Kier molecular flexibility index (Phi) is 4.93. The Bertz CT molecular complexity index is 1190. The molecule has 0 unspecified atom stereocenters. The minimum atomic E-state index is -0.581. The number of hydrogen-bond donors (Lipinski definition) is 0. The van der Waals surface area contributed by atoms with Crippen LogP contribution in [0.4, 0.5) is 5.69 Å². The summed E-state index contributed by atoms with van der Waals surface area (Å²) in [5, 5.41) is 13.1. The predicted molar refractivity (Wildman–Crippen MR) is 110 cm³/mol. The summed E-state index contributed by atoms with van der Waals surface area (Å²) in [5.74, 6) is -0.170. The second-order valence-corrected chi connectivity index (χ2v) is 7.23. The van der Waals surface area contributed by atoms with Crippen LogP contribution in [0.5, 0.6) is 5.75 Å². The topological polar surface area (TPSA) is 93.0 Å². The monoisotopic (exact) mass is 405 g/mol. The van der Waals surface area contributed by atoms with Crippen molar-refractivity contribution < 1.29 is 19.2 Å². The van der Waals surface area contributed by atoms with E-state index in [4.69, 9.17) is 4.74 Å². The Morgan fingerprint density at radius 2 is 1.67 bits per heavy atom. The lowest BCUT2D eigenvalue weighted by Gasteiger charge is -2.23. The number of amides is 2. The van der Waals surface area contributed by atoms with Gasteiger partial charge in [0.15, 0.2) is 0 Å². The highest BCUT2D eigenvalue weighted by molar-refractivity contribution is 6.21. The minimum absolute atomic E-state index is 0.0715. The van der Waals surface area contributed by atoms with Gasteiger partial charge in [-0.05, 0) is 47.6 Å². The van der Waals surface area contributed by atoms with Gasteiger partial charge in [-0.2, -0.15) is 0 Å². The van der Waals surface area contributed by atoms with Gasteiger partial charge in [0.05, 0.1) is 29.8 Å². The average Bonchev–Trinajstić information content (AvgIpc) is 2.97. The number of methoxy groups -OCH3 is 1. The molecule has 3 aromatic rings. The van der Waals surface area contributed by atoms with E-state index < -0.39 is 16.7 Å². The van der Waals surface area contributed by atoms with E-state index in [0.29, 0.717) is 6.54 Å². The van der Waals surface area contributed by atoms with Gasteiger partial charge in [0, 0.05) is 18.7 Å². The molecule has 3 aromatic carbocycles. The Morgan fingerprint density at radius 1 is 0.967 bits per heavy atom. The van der Waals surface area contributed by atoms with Crippen molar-refractivity contribution in [3.63, 3.8) is 0 Å². The number of carbonyl (C=O) groups excluding carboxylic acids is 2. The molecule has 0 aliphatic carbocycles. The maximum Gasteiger partial charge on any atom is 0.270 e. The van der Waals surface area contributed by atoms with Crippen molar-refractivity contribution in [1.29, 1.82) is 0 Å². The summed E-state index contributed by atoms with van der Waals surface area (Å²) in [6, 6.07) is 15.6. The number of nitro groups is 1. The van der Waals surface area contributed by atoms with Gasteiger partial charge in [-0.15, -0.1) is 0 Å². The van der Waals surface area contributed by atoms with Crippen LogP contribution in [-0.2, 0) is 6.54 Å². The number of imide groups is 1. The molecule has 0 spiro atoms. The SMILES string of the molecule is COc1ccc2cc(CN(C)CN3C(=O)c4ccc([N+](=O)[O-])cc4C3=O)ccc2c1. The molecule has 8 nitrogen and oxygen atoms in total. The molecule has 1 aliphatic heterocycles. The summed E-state index contributed by atoms with van der Waals surface area (Å²) in [5.41, 5.74) is 1.08. The quantitative estimate of drug-likeness (QED) is 0.354. The van der Waals surface area contributed by atoms with Crippen LogP contribution in [0.25, 0.3) is 10.8 Å². The van der Waals surface area contributed by atoms with E-state index in [1.165, 1.54) is 12.1 Å². The molecule has 0 radical (unpaired) electrons. The van der Waals surface area contributed by atoms with Gasteiger partial charge in [-0.1, -0.05) is 18.2 Å². The largest absolute Gasteiger partial charge is 0.497 e. The summed E-state index contributed by atoms with van der Waals surface area (Å²) < 4.78 is 5.24. The fourth-order valence-corrected chi connectivity index (χ4v) is 3.62. The number of benzene rings is 3. The molecule has 0 aromatic heterocycles. The van der Waals surface area contributed by atoms with Crippen LogP contribution in [0.15, 0.2) is 54.6 Å². The summed E-state index contributed by atoms with van der Waals surface area (Å²) in [7, 11) is 3.44. The van der Waals surface area contributed by atoms with Gasteiger partial charge in [0.25, 0.3) is 17.5 Å². The highest BCUT2D eigenvalue weighted by atomic mass is 16.6. The van der Waals surface area contributed by atoms with Crippen LogP contribution in [0.3, 0.4) is 0 Å². The van der Waals surface area contributed by atoms with Gasteiger partial charge in [-0.25, -0.2) is 0 Å². The van der Waals surface area contributed by atoms with Crippen molar-refractivity contribution in [3.05, 3.63) is 81.4 Å². The van der Waals surface area contributed by atoms with Gasteiger partial charge in [0.2, 0.25) is 0 Å². The number of non-ortho nitro benzene ring substituents is 1. The molecular formula is C22H19N3O5. The van der Waals surface area contributed by atoms with E-state index in [-0.39, 0.29) is 23.5 Å². The third-order valence-electron chi connectivity index (χ3n) is 5.11. The standard InChI is InChI=1S/C22H19N3O5/c1-23(12-14-3-4-16-10-18(30-2)7-5-15(16)9-14)13-24-21(26)19-8-6-17(25(28)29)11-20(19)22(24)27/h3-11H,12-13H2,1-2H3. The first-order valence-corrected chi connectivity index (χ1v) is 9.27. The smallest absolute Gasteiger partial charge is 0.270 e. The average molecular weight is 405 g/mol. The number of rotatable bonds is 6. The van der Waals surface area contributed by atoms with Gasteiger partial charge in [0.1, 0.15) is 5.75 Å². The Balaban J connectivity index is 1.49. The molecule has 1 aliphatic rings. The second-order valence-electron chi connectivity index (χ2n) is 7.23. The van der Waals surface area contributed by atoms with Crippen LogP contribution in [0.2, 0.25) is 0 Å². The van der Waals surface area contributed by atoms with Crippen LogP contribution in [0.1, 0.15) is 26.3 Å². The zero-order chi connectivity index (χ0) is 21.4. The summed E-state index contributed by atoms with van der Waals surface area (Å²) in [6.07, 6.45) is 0. The Morgan fingerprint density at radius 3 is 2.40 bits per heavy atom. The molecule has 2 amide bonds. The minimum Gasteiger partial charge on any atom is -0.497 e. The third-order valence-corrected chi connectivity index (χ3v) is 5.11. The zero-order valence-corrected chi connectivity index (χ0v) is 16.5. The van der Waals surface area contributed by atoms with Crippen LogP contribution in [0, 0.1) is 10.1 Å². The summed E-state index contributed by atoms with van der Waals surface area (Å²) in [4.78, 5) is 38.6. The van der Waals surface area contributed by atoms with Crippen molar-refractivity contribution in [2.45, 2.75) is 6.54 Å². The fourth-order valence-electron chi connectivity index (χ4n) is 3.62. The van der Waals surface area contributed by atoms with Crippen molar-refractivity contribution >= 4 is 28.3 Å². The first-order chi connectivity index (χ1) is 14.4. The maximum absolute atomic E-state index is 12.6. The Labute approximate surface area is 172 Å². The van der Waals surface area contributed by atoms with Crippen molar-refractivity contribution in [1.82, 2.24) is 9.80 Å². The van der Waals surface area contributed by atoms with Crippen LogP contribution >= 0.6 is 0 Å². The lowest BCUT2D eigenvalue weighted by molar-refractivity contribution is -0.384. The molecule has 30 heavy (non-hydrogen) atoms. The van der Waals surface area contributed by atoms with Crippen molar-refractivity contribution in [2.24, 2.45) is 0 Å². The van der Waals surface area contributed by atoms with Crippen molar-refractivity contribution in [3.8, 4) is 5.75 Å². The number of carbonyl (C=O) groups is 2. The van der Waals surface area contributed by atoms with Crippen molar-refractivity contribution in [2.75, 3.05) is 20.8 Å². The maximum atomic E-state index is 12.6. The van der Waals surface area contributed by atoms with E-state index in [0.717, 1.165) is 33.1 Å². The van der Waals surface area contributed by atoms with E-state index in [9.17, 15) is 19.7 Å². The molecule has 0 saturated carbocycles. The predicted octanol–water partition coefficient (Wildman–Crippen LogP) is 3.44. The number of nitrogens with zero attached hydrogens (tertiary/aromatic N) is 3. The normalized spacial score (nSPS) is 13.2. The molecule has 1 heterocycles. The molecule has 152 valence electrons. The molecule has 0 saturated heterocycles. The lowest BCUT2D eigenvalue weighted by Crippen LogP contribution is -2.39. The first-order valence-electron chi connectivity index (χ1n) is 9.27. The molecule has 0 bridgehead atoms. The molecule has 4 rings (SSSR count). The highest BCUT2D eigenvalue weighted by Gasteiger charge is 2.37. The summed E-state index contributed by atoms with van der Waals surface area (Å²) >= 11 is 0. The van der Waals surface area contributed by atoms with Gasteiger partial charge < -0.3 is 4.74 Å². The highest BCUT2D eigenvalue weighted by Crippen LogP contribution is 2.27. The number of fused-ring (bicyclic) bond motifs is 2. The number of ether oxygens (including phenoxy) is 1. The number of nitro benzene ring substituents is 1. The number of hydrogen-bond acceptors (Lipinski definition) is 6. The lowest BCUT2D eigenvalue weighted by atomic mass is 10.1. The zero-order valence-electron chi connectivity index (χ0n) is 16.5. The molecule has 8 heteroatoms. The molecule has 0 atom stereocenters. The summed E-state index contributed by atoms with van der Waals surface area (Å²) in [6.45, 7) is 0.607. The van der Waals surface area contributed by atoms with E-state index in [1.54, 1.807) is 7.11 Å². The molecule has 0 fully saturated rings. The fraction of sp³-hybridized carbons (Fsp3) is 0.182. The van der Waals surface area contributed by atoms with E-state index >= 15 is 0 Å².